The molecule has 25 heavy (non-hydrogen) atoms. The Hall–Kier alpha value is -2.37. The predicted octanol–water partition coefficient (Wildman–Crippen LogP) is 2.42. The highest BCUT2D eigenvalue weighted by Gasteiger charge is 2.22. The number of ether oxygens (including phenoxy) is 1. The Kier molecular flexibility index (Phi) is 5.68. The average molecular weight is 344 g/mol. The summed E-state index contributed by atoms with van der Waals surface area (Å²) in [4.78, 5) is 37.4. The van der Waals surface area contributed by atoms with Gasteiger partial charge in [0.05, 0.1) is 5.56 Å². The van der Waals surface area contributed by atoms with Crippen LogP contribution in [-0.4, -0.2) is 37.0 Å². The number of nitrogens with one attached hydrogen (secondary N) is 1. The fraction of sp³-hybridized carbons (Fsp3) is 0.526. The highest BCUT2D eigenvalue weighted by molar-refractivity contribution is 5.96. The van der Waals surface area contributed by atoms with Gasteiger partial charge in [-0.25, -0.2) is 4.79 Å². The van der Waals surface area contributed by atoms with E-state index in [9.17, 15) is 14.4 Å². The summed E-state index contributed by atoms with van der Waals surface area (Å²) in [6, 6.07) is 6.94. The van der Waals surface area contributed by atoms with Crippen LogP contribution < -0.4 is 10.2 Å². The number of esters is 1. The first-order valence-corrected chi connectivity index (χ1v) is 9.00. The van der Waals surface area contributed by atoms with E-state index in [0.717, 1.165) is 37.8 Å². The molecule has 1 aliphatic carbocycles. The largest absolute Gasteiger partial charge is 0.452 e. The fourth-order valence-corrected chi connectivity index (χ4v) is 3.43. The normalized spacial score (nSPS) is 18.2. The van der Waals surface area contributed by atoms with Crippen molar-refractivity contribution in [2.24, 2.45) is 0 Å². The highest BCUT2D eigenvalue weighted by Crippen LogP contribution is 2.22. The van der Waals surface area contributed by atoms with Crippen LogP contribution in [0.15, 0.2) is 24.3 Å². The summed E-state index contributed by atoms with van der Waals surface area (Å²) in [5, 5.41) is 2.92. The Morgan fingerprint density at radius 1 is 1.08 bits per heavy atom. The van der Waals surface area contributed by atoms with Crippen LogP contribution in [0.3, 0.4) is 0 Å². The molecule has 1 saturated heterocycles. The van der Waals surface area contributed by atoms with Crippen molar-refractivity contribution in [3.8, 4) is 0 Å². The van der Waals surface area contributed by atoms with Crippen LogP contribution in [0.4, 0.5) is 5.69 Å². The second kappa shape index (κ2) is 8.14. The second-order valence-corrected chi connectivity index (χ2v) is 6.67. The Labute approximate surface area is 147 Å². The molecule has 1 heterocycles. The van der Waals surface area contributed by atoms with Gasteiger partial charge in [0.1, 0.15) is 0 Å². The van der Waals surface area contributed by atoms with Crippen molar-refractivity contribution in [1.82, 2.24) is 5.32 Å². The van der Waals surface area contributed by atoms with Crippen LogP contribution in [-0.2, 0) is 14.3 Å². The summed E-state index contributed by atoms with van der Waals surface area (Å²) in [7, 11) is 0. The van der Waals surface area contributed by atoms with E-state index in [4.69, 9.17) is 4.74 Å². The average Bonchev–Trinajstić information content (AvgIpc) is 3.07. The quantitative estimate of drug-likeness (QED) is 0.833. The first-order chi connectivity index (χ1) is 12.1. The predicted molar refractivity (Wildman–Crippen MR) is 93.3 cm³/mol. The molecule has 0 aromatic heterocycles. The number of nitrogens with zero attached hydrogens (tertiary/aromatic N) is 1. The van der Waals surface area contributed by atoms with Crippen LogP contribution in [0, 0.1) is 0 Å². The number of anilines is 1. The number of carbonyl (C=O) groups is 3. The van der Waals surface area contributed by atoms with E-state index in [1.807, 2.05) is 0 Å². The molecule has 0 bridgehead atoms. The van der Waals surface area contributed by atoms with Gasteiger partial charge in [0.2, 0.25) is 5.91 Å². The molecular weight excluding hydrogens is 320 g/mol. The van der Waals surface area contributed by atoms with E-state index < -0.39 is 5.97 Å². The smallest absolute Gasteiger partial charge is 0.338 e. The van der Waals surface area contributed by atoms with E-state index in [-0.39, 0.29) is 24.5 Å². The van der Waals surface area contributed by atoms with Gasteiger partial charge < -0.3 is 15.0 Å². The van der Waals surface area contributed by atoms with Gasteiger partial charge in [-0.1, -0.05) is 19.3 Å². The van der Waals surface area contributed by atoms with E-state index >= 15 is 0 Å². The van der Waals surface area contributed by atoms with Crippen molar-refractivity contribution in [1.29, 1.82) is 0 Å². The standard InChI is InChI=1S/C19H24N2O4/c22-17(20-15-5-2-1-3-6-15)13-25-19(24)14-8-10-16(11-9-14)21-12-4-7-18(21)23/h8-11,15H,1-7,12-13H2,(H,20,22). The lowest BCUT2D eigenvalue weighted by atomic mass is 9.95. The van der Waals surface area contributed by atoms with Gasteiger partial charge in [-0.05, 0) is 43.5 Å². The van der Waals surface area contributed by atoms with E-state index in [1.165, 1.54) is 6.42 Å². The molecule has 1 aromatic rings. The molecule has 2 aliphatic rings. The SMILES string of the molecule is O=C(COC(=O)c1ccc(N2CCCC2=O)cc1)NC1CCCCC1. The van der Waals surface area contributed by atoms with Gasteiger partial charge in [0, 0.05) is 24.7 Å². The highest BCUT2D eigenvalue weighted by atomic mass is 16.5. The Morgan fingerprint density at radius 2 is 1.80 bits per heavy atom. The lowest BCUT2D eigenvalue weighted by molar-refractivity contribution is -0.125. The Morgan fingerprint density at radius 3 is 2.44 bits per heavy atom. The number of carbonyl (C=O) groups excluding carboxylic acids is 3. The minimum Gasteiger partial charge on any atom is -0.452 e. The molecule has 2 fully saturated rings. The summed E-state index contributed by atoms with van der Waals surface area (Å²) in [5.41, 5.74) is 1.16. The van der Waals surface area contributed by atoms with Crippen LogP contribution in [0.25, 0.3) is 0 Å². The zero-order chi connectivity index (χ0) is 17.6. The maximum Gasteiger partial charge on any atom is 0.338 e. The zero-order valence-corrected chi connectivity index (χ0v) is 14.3. The molecule has 3 rings (SSSR count). The van der Waals surface area contributed by atoms with Crippen molar-refractivity contribution < 1.29 is 19.1 Å². The first-order valence-electron chi connectivity index (χ1n) is 9.00. The molecule has 0 unspecified atom stereocenters. The number of hydrogen-bond acceptors (Lipinski definition) is 4. The third-order valence-corrected chi connectivity index (χ3v) is 4.79. The molecule has 6 nitrogen and oxygen atoms in total. The molecule has 2 amide bonds. The zero-order valence-electron chi connectivity index (χ0n) is 14.3. The molecule has 0 atom stereocenters. The lowest BCUT2D eigenvalue weighted by Crippen LogP contribution is -2.38. The molecule has 134 valence electrons. The maximum absolute atomic E-state index is 12.1. The molecule has 1 saturated carbocycles. The molecule has 1 aliphatic heterocycles. The summed E-state index contributed by atoms with van der Waals surface area (Å²) in [6.45, 7) is 0.450. The summed E-state index contributed by atoms with van der Waals surface area (Å²) in [6.07, 6.45) is 6.92. The van der Waals surface area contributed by atoms with Crippen molar-refractivity contribution in [3.63, 3.8) is 0 Å². The molecule has 0 spiro atoms. The minimum absolute atomic E-state index is 0.106. The molecule has 1 aromatic carbocycles. The molecule has 6 heteroatoms. The molecular formula is C19H24N2O4. The van der Waals surface area contributed by atoms with Gasteiger partial charge in [0.15, 0.2) is 6.61 Å². The van der Waals surface area contributed by atoms with Gasteiger partial charge >= 0.3 is 5.97 Å². The van der Waals surface area contributed by atoms with Crippen molar-refractivity contribution >= 4 is 23.5 Å². The number of amides is 2. The fourth-order valence-electron chi connectivity index (χ4n) is 3.43. The van der Waals surface area contributed by atoms with Crippen LogP contribution >= 0.6 is 0 Å². The van der Waals surface area contributed by atoms with Gasteiger partial charge in [-0.3, -0.25) is 9.59 Å². The maximum atomic E-state index is 12.1. The van der Waals surface area contributed by atoms with Crippen LogP contribution in [0.5, 0.6) is 0 Å². The van der Waals surface area contributed by atoms with Crippen molar-refractivity contribution in [2.45, 2.75) is 51.0 Å². The number of hydrogen-bond donors (Lipinski definition) is 1. The Balaban J connectivity index is 1.47. The van der Waals surface area contributed by atoms with E-state index in [0.29, 0.717) is 18.5 Å². The second-order valence-electron chi connectivity index (χ2n) is 6.67. The van der Waals surface area contributed by atoms with Gasteiger partial charge in [-0.15, -0.1) is 0 Å². The minimum atomic E-state index is -0.530. The van der Waals surface area contributed by atoms with Crippen LogP contribution in [0.1, 0.15) is 55.3 Å². The van der Waals surface area contributed by atoms with Crippen molar-refractivity contribution in [3.05, 3.63) is 29.8 Å². The van der Waals surface area contributed by atoms with E-state index in [2.05, 4.69) is 5.32 Å². The molecule has 1 N–H and O–H groups in total. The summed E-state index contributed by atoms with van der Waals surface area (Å²) < 4.78 is 5.09. The van der Waals surface area contributed by atoms with Crippen LogP contribution in [0.2, 0.25) is 0 Å². The van der Waals surface area contributed by atoms with Gasteiger partial charge in [-0.2, -0.15) is 0 Å². The summed E-state index contributed by atoms with van der Waals surface area (Å²) in [5.74, 6) is -0.674. The Bertz CT molecular complexity index is 635. The molecule has 0 radical (unpaired) electrons. The monoisotopic (exact) mass is 344 g/mol. The number of benzene rings is 1. The van der Waals surface area contributed by atoms with Gasteiger partial charge in [0.25, 0.3) is 5.91 Å². The first kappa shape index (κ1) is 17.5. The third-order valence-electron chi connectivity index (χ3n) is 4.79. The topological polar surface area (TPSA) is 75.7 Å². The third kappa shape index (κ3) is 4.59. The van der Waals surface area contributed by atoms with E-state index in [1.54, 1.807) is 29.2 Å². The lowest BCUT2D eigenvalue weighted by Gasteiger charge is -2.22. The van der Waals surface area contributed by atoms with Crippen molar-refractivity contribution in [2.75, 3.05) is 18.1 Å². The summed E-state index contributed by atoms with van der Waals surface area (Å²) >= 11 is 0. The number of rotatable bonds is 5.